The number of methoxy groups -OCH3 is 1. The molecule has 0 aliphatic rings. The first-order chi connectivity index (χ1) is 10.1. The lowest BCUT2D eigenvalue weighted by atomic mass is 10.0. The van der Waals surface area contributed by atoms with Gasteiger partial charge in [0, 0.05) is 35.6 Å². The van der Waals surface area contributed by atoms with Crippen LogP contribution in [0.15, 0.2) is 18.6 Å². The Kier molecular flexibility index (Phi) is 4.85. The molecule has 1 atom stereocenters. The van der Waals surface area contributed by atoms with E-state index in [1.54, 1.807) is 13.3 Å². The van der Waals surface area contributed by atoms with Crippen LogP contribution in [0, 0.1) is 20.8 Å². The van der Waals surface area contributed by atoms with Crippen LogP contribution in [0.2, 0.25) is 0 Å². The van der Waals surface area contributed by atoms with E-state index < -0.39 is 0 Å². The van der Waals surface area contributed by atoms with Crippen LogP contribution in [0.4, 0.5) is 0 Å². The van der Waals surface area contributed by atoms with E-state index in [2.05, 4.69) is 20.3 Å². The number of nitrogens with zero attached hydrogens (tertiary/aromatic N) is 3. The Hall–Kier alpha value is -2.01. The Morgan fingerprint density at radius 2 is 1.86 bits per heavy atom. The molecule has 1 unspecified atom stereocenters. The number of aromatic nitrogens is 3. The molecule has 2 aromatic heterocycles. The fraction of sp³-hybridized carbons (Fsp3) is 0.438. The van der Waals surface area contributed by atoms with Gasteiger partial charge in [-0.2, -0.15) is 0 Å². The van der Waals surface area contributed by atoms with Gasteiger partial charge in [-0.25, -0.2) is 0 Å². The zero-order valence-corrected chi connectivity index (χ0v) is 13.3. The lowest BCUT2D eigenvalue weighted by molar-refractivity contribution is 0.406. The Morgan fingerprint density at radius 3 is 2.43 bits per heavy atom. The van der Waals surface area contributed by atoms with Crippen molar-refractivity contribution >= 4 is 0 Å². The molecule has 0 spiro atoms. The van der Waals surface area contributed by atoms with E-state index in [1.165, 1.54) is 0 Å². The van der Waals surface area contributed by atoms with Crippen molar-refractivity contribution in [1.29, 1.82) is 0 Å². The minimum atomic E-state index is 0.0803. The van der Waals surface area contributed by atoms with E-state index in [9.17, 15) is 0 Å². The average Bonchev–Trinajstić information content (AvgIpc) is 2.48. The highest BCUT2D eigenvalue weighted by Crippen LogP contribution is 2.26. The van der Waals surface area contributed by atoms with Crippen molar-refractivity contribution in [1.82, 2.24) is 20.3 Å². The maximum atomic E-state index is 5.46. The fourth-order valence-corrected chi connectivity index (χ4v) is 2.41. The van der Waals surface area contributed by atoms with Gasteiger partial charge in [-0.1, -0.05) is 0 Å². The summed E-state index contributed by atoms with van der Waals surface area (Å²) in [5, 5.41) is 3.28. The second-order valence-corrected chi connectivity index (χ2v) is 5.17. The van der Waals surface area contributed by atoms with Crippen molar-refractivity contribution in [3.8, 4) is 5.75 Å². The minimum Gasteiger partial charge on any atom is -0.496 e. The van der Waals surface area contributed by atoms with Gasteiger partial charge in [0.1, 0.15) is 5.75 Å². The molecule has 5 nitrogen and oxygen atoms in total. The summed E-state index contributed by atoms with van der Waals surface area (Å²) < 4.78 is 5.46. The van der Waals surface area contributed by atoms with Crippen LogP contribution in [0.5, 0.6) is 5.75 Å². The molecular weight excluding hydrogens is 264 g/mol. The van der Waals surface area contributed by atoms with Gasteiger partial charge in [-0.05, 0) is 27.8 Å². The third-order valence-electron chi connectivity index (χ3n) is 3.65. The van der Waals surface area contributed by atoms with Gasteiger partial charge in [0.05, 0.1) is 30.7 Å². The second-order valence-electron chi connectivity index (χ2n) is 5.17. The Bertz CT molecular complexity index is 610. The molecule has 0 bridgehead atoms. The predicted octanol–water partition coefficient (Wildman–Crippen LogP) is 2.31. The predicted molar refractivity (Wildman–Crippen MR) is 82.5 cm³/mol. The maximum Gasteiger partial charge on any atom is 0.128 e. The normalized spacial score (nSPS) is 12.2. The third kappa shape index (κ3) is 3.36. The fourth-order valence-electron chi connectivity index (χ4n) is 2.41. The van der Waals surface area contributed by atoms with Crippen molar-refractivity contribution in [3.63, 3.8) is 0 Å². The van der Waals surface area contributed by atoms with Crippen LogP contribution in [0.3, 0.4) is 0 Å². The van der Waals surface area contributed by atoms with E-state index in [0.29, 0.717) is 0 Å². The third-order valence-corrected chi connectivity index (χ3v) is 3.65. The molecule has 0 aliphatic carbocycles. The highest BCUT2D eigenvalue weighted by Gasteiger charge is 2.16. The van der Waals surface area contributed by atoms with Gasteiger partial charge in [0.2, 0.25) is 0 Å². The van der Waals surface area contributed by atoms with Crippen LogP contribution in [-0.2, 0) is 6.42 Å². The molecule has 0 amide bonds. The maximum absolute atomic E-state index is 5.46. The summed E-state index contributed by atoms with van der Waals surface area (Å²) in [5.74, 6) is 0.907. The lowest BCUT2D eigenvalue weighted by Crippen LogP contribution is -2.21. The Labute approximate surface area is 125 Å². The summed E-state index contributed by atoms with van der Waals surface area (Å²) in [6.45, 7) is 5.98. The topological polar surface area (TPSA) is 59.9 Å². The quantitative estimate of drug-likeness (QED) is 0.914. The summed E-state index contributed by atoms with van der Waals surface area (Å²) in [5.41, 5.74) is 4.98. The summed E-state index contributed by atoms with van der Waals surface area (Å²) in [7, 11) is 3.62. The number of likely N-dealkylation sites (N-methyl/N-ethyl adjacent to an activating group) is 1. The second kappa shape index (κ2) is 6.63. The van der Waals surface area contributed by atoms with Crippen LogP contribution in [0.1, 0.15) is 34.3 Å². The summed E-state index contributed by atoms with van der Waals surface area (Å²) >= 11 is 0. The number of ether oxygens (including phenoxy) is 1. The van der Waals surface area contributed by atoms with Crippen molar-refractivity contribution in [2.24, 2.45) is 0 Å². The van der Waals surface area contributed by atoms with E-state index in [4.69, 9.17) is 4.74 Å². The van der Waals surface area contributed by atoms with E-state index in [1.807, 2.05) is 40.2 Å². The van der Waals surface area contributed by atoms with Gasteiger partial charge in [0.25, 0.3) is 0 Å². The van der Waals surface area contributed by atoms with Crippen LogP contribution < -0.4 is 10.1 Å². The van der Waals surface area contributed by atoms with Gasteiger partial charge in [0.15, 0.2) is 0 Å². The first-order valence-corrected chi connectivity index (χ1v) is 7.01. The summed E-state index contributed by atoms with van der Waals surface area (Å²) in [6, 6.07) is 0.0803. The van der Waals surface area contributed by atoms with Gasteiger partial charge in [-0.15, -0.1) is 0 Å². The van der Waals surface area contributed by atoms with Crippen molar-refractivity contribution in [2.75, 3.05) is 14.2 Å². The molecule has 0 aliphatic heterocycles. The Balaban J connectivity index is 2.29. The first kappa shape index (κ1) is 15.4. The highest BCUT2D eigenvalue weighted by molar-refractivity contribution is 5.41. The number of pyridine rings is 1. The summed E-state index contributed by atoms with van der Waals surface area (Å²) in [4.78, 5) is 13.3. The zero-order valence-electron chi connectivity index (χ0n) is 13.3. The van der Waals surface area contributed by atoms with Crippen molar-refractivity contribution in [3.05, 3.63) is 46.8 Å². The molecule has 5 heteroatoms. The van der Waals surface area contributed by atoms with Crippen LogP contribution >= 0.6 is 0 Å². The van der Waals surface area contributed by atoms with Gasteiger partial charge >= 0.3 is 0 Å². The molecule has 112 valence electrons. The molecule has 2 heterocycles. The van der Waals surface area contributed by atoms with Gasteiger partial charge in [-0.3, -0.25) is 15.0 Å². The van der Waals surface area contributed by atoms with Crippen LogP contribution in [-0.4, -0.2) is 29.1 Å². The lowest BCUT2D eigenvalue weighted by Gasteiger charge is -2.18. The number of hydrogen-bond donors (Lipinski definition) is 1. The molecule has 0 aromatic carbocycles. The molecule has 21 heavy (non-hydrogen) atoms. The smallest absolute Gasteiger partial charge is 0.128 e. The van der Waals surface area contributed by atoms with E-state index >= 15 is 0 Å². The first-order valence-electron chi connectivity index (χ1n) is 7.01. The zero-order chi connectivity index (χ0) is 15.4. The number of hydrogen-bond acceptors (Lipinski definition) is 5. The monoisotopic (exact) mass is 286 g/mol. The number of rotatable bonds is 5. The molecule has 2 rings (SSSR count). The Morgan fingerprint density at radius 1 is 1.10 bits per heavy atom. The molecule has 0 saturated carbocycles. The number of nitrogens with one attached hydrogen (secondary N) is 1. The van der Waals surface area contributed by atoms with Gasteiger partial charge < -0.3 is 10.1 Å². The average molecular weight is 286 g/mol. The summed E-state index contributed by atoms with van der Waals surface area (Å²) in [6.07, 6.45) is 6.21. The molecule has 0 fully saturated rings. The standard InChI is InChI=1S/C16H22N4O/c1-10-7-19-13(12(3)16(10)21-5)6-14(17-4)15-9-18-11(2)8-20-15/h7-9,14,17H,6H2,1-5H3. The van der Waals surface area contributed by atoms with E-state index in [0.717, 1.165) is 40.4 Å². The molecule has 0 saturated heterocycles. The number of aryl methyl sites for hydroxylation is 2. The highest BCUT2D eigenvalue weighted by atomic mass is 16.5. The van der Waals surface area contributed by atoms with E-state index in [-0.39, 0.29) is 6.04 Å². The largest absolute Gasteiger partial charge is 0.496 e. The molecule has 0 radical (unpaired) electrons. The molecular formula is C16H22N4O. The van der Waals surface area contributed by atoms with Crippen molar-refractivity contribution < 1.29 is 4.74 Å². The minimum absolute atomic E-state index is 0.0803. The SMILES string of the molecule is CNC(Cc1ncc(C)c(OC)c1C)c1cnc(C)cn1. The molecule has 2 aromatic rings. The molecule has 1 N–H and O–H groups in total. The van der Waals surface area contributed by atoms with Crippen LogP contribution in [0.25, 0.3) is 0 Å². The van der Waals surface area contributed by atoms with Crippen molar-refractivity contribution in [2.45, 2.75) is 33.2 Å².